The van der Waals surface area contributed by atoms with E-state index in [1.54, 1.807) is 0 Å². The highest BCUT2D eigenvalue weighted by molar-refractivity contribution is 6.12. The van der Waals surface area contributed by atoms with E-state index in [0.717, 1.165) is 22.7 Å². The zero-order valence-electron chi connectivity index (χ0n) is 33.9. The predicted molar refractivity (Wildman–Crippen MR) is 256 cm³/mol. The minimum Gasteiger partial charge on any atom is -0.309 e. The second-order valence-corrected chi connectivity index (χ2v) is 17.0. The molecule has 0 unspecified atom stereocenters. The van der Waals surface area contributed by atoms with Crippen molar-refractivity contribution in [2.24, 2.45) is 0 Å². The zero-order chi connectivity index (χ0) is 40.4. The molecule has 4 heteroatoms. The van der Waals surface area contributed by atoms with E-state index in [1.807, 2.05) is 0 Å². The maximum absolute atomic E-state index is 2.53. The molecule has 0 fully saturated rings. The van der Waals surface area contributed by atoms with Crippen LogP contribution in [0.15, 0.2) is 206 Å². The van der Waals surface area contributed by atoms with Gasteiger partial charge in [-0.2, -0.15) is 0 Å². The molecule has 0 bridgehead atoms. The molecule has 0 aliphatic carbocycles. The number of anilines is 3. The third-order valence-corrected chi connectivity index (χ3v) is 13.4. The zero-order valence-corrected chi connectivity index (χ0v) is 33.9. The van der Waals surface area contributed by atoms with E-state index in [-0.39, 0.29) is 0 Å². The van der Waals surface area contributed by atoms with Crippen molar-refractivity contribution in [3.8, 4) is 17.1 Å². The van der Waals surface area contributed by atoms with Gasteiger partial charge in [0.05, 0.1) is 50.2 Å². The maximum Gasteiger partial charge on any atom is 0.0745 e. The first-order valence-electron chi connectivity index (χ1n) is 21.2. The summed E-state index contributed by atoms with van der Waals surface area (Å²) >= 11 is 0. The van der Waals surface area contributed by atoms with Crippen LogP contribution >= 0.6 is 0 Å². The lowest BCUT2D eigenvalue weighted by atomic mass is 9.72. The minimum absolute atomic E-state index is 0.424. The Morgan fingerprint density at radius 3 is 1.13 bits per heavy atom. The number of nitrogens with zero attached hydrogens (tertiary/aromatic N) is 4. The third-order valence-electron chi connectivity index (χ3n) is 13.4. The standard InChI is InChI=1S/C57H40N4/c1-57(2)46-34-38(58-48-26-12-6-20-40(48)41-21-7-13-27-49(41)58)32-33-54(46)60(37-18-4-3-5-19-37)56-47(57)35-39(59-50-28-14-8-22-42(50)43-23-9-15-29-51(43)59)36-55(56)61-52-30-16-10-24-44(52)45-25-11-17-31-53(45)61/h3-36H,1-2H3. The molecular weight excluding hydrogens is 741 g/mol. The second-order valence-electron chi connectivity index (χ2n) is 17.0. The summed E-state index contributed by atoms with van der Waals surface area (Å²) in [5.74, 6) is 0. The summed E-state index contributed by atoms with van der Waals surface area (Å²) in [7, 11) is 0. The molecule has 3 aromatic heterocycles. The van der Waals surface area contributed by atoms with Gasteiger partial charge in [0.15, 0.2) is 0 Å². The largest absolute Gasteiger partial charge is 0.309 e. The molecule has 1 aliphatic heterocycles. The van der Waals surface area contributed by atoms with Crippen molar-refractivity contribution in [1.82, 2.24) is 13.7 Å². The van der Waals surface area contributed by atoms with Crippen LogP contribution in [0, 0.1) is 0 Å². The Bertz CT molecular complexity index is 3590. The number of hydrogen-bond donors (Lipinski definition) is 0. The topological polar surface area (TPSA) is 18.0 Å². The summed E-state index contributed by atoms with van der Waals surface area (Å²) in [5.41, 5.74) is 16.2. The predicted octanol–water partition coefficient (Wildman–Crippen LogP) is 15.1. The molecule has 9 aromatic carbocycles. The molecule has 61 heavy (non-hydrogen) atoms. The monoisotopic (exact) mass is 780 g/mol. The fraction of sp³-hybridized carbons (Fsp3) is 0.0526. The molecular formula is C57H40N4. The van der Waals surface area contributed by atoms with Gasteiger partial charge in [-0.05, 0) is 90.0 Å². The van der Waals surface area contributed by atoms with E-state index in [0.29, 0.717) is 0 Å². The van der Waals surface area contributed by atoms with Crippen LogP contribution in [0.4, 0.5) is 17.1 Å². The molecule has 0 radical (unpaired) electrons. The van der Waals surface area contributed by atoms with E-state index in [4.69, 9.17) is 0 Å². The van der Waals surface area contributed by atoms with Crippen molar-refractivity contribution < 1.29 is 0 Å². The highest BCUT2D eigenvalue weighted by Crippen LogP contribution is 2.56. The average Bonchev–Trinajstić information content (AvgIpc) is 3.95. The van der Waals surface area contributed by atoms with Crippen LogP contribution in [0.3, 0.4) is 0 Å². The van der Waals surface area contributed by atoms with Crippen LogP contribution in [0.25, 0.3) is 82.5 Å². The van der Waals surface area contributed by atoms with Crippen LogP contribution in [0.5, 0.6) is 0 Å². The number of hydrogen-bond acceptors (Lipinski definition) is 1. The smallest absolute Gasteiger partial charge is 0.0745 e. The van der Waals surface area contributed by atoms with E-state index in [1.165, 1.54) is 87.9 Å². The first kappa shape index (κ1) is 34.1. The van der Waals surface area contributed by atoms with Crippen molar-refractivity contribution in [2.75, 3.05) is 4.90 Å². The Labute approximate surface area is 353 Å². The van der Waals surface area contributed by atoms with Gasteiger partial charge >= 0.3 is 0 Å². The average molecular weight is 781 g/mol. The molecule has 1 aliphatic rings. The molecule has 0 spiro atoms. The van der Waals surface area contributed by atoms with Crippen LogP contribution in [-0.4, -0.2) is 13.7 Å². The van der Waals surface area contributed by atoms with E-state index in [2.05, 4.69) is 239 Å². The van der Waals surface area contributed by atoms with Gasteiger partial charge in [0, 0.05) is 54.8 Å². The highest BCUT2D eigenvalue weighted by Gasteiger charge is 2.40. The molecule has 0 amide bonds. The number of aromatic nitrogens is 3. The Hall–Kier alpha value is -7.82. The normalized spacial score (nSPS) is 13.5. The van der Waals surface area contributed by atoms with Gasteiger partial charge in [-0.15, -0.1) is 0 Å². The lowest BCUT2D eigenvalue weighted by Gasteiger charge is -2.43. The Morgan fingerprint density at radius 1 is 0.295 bits per heavy atom. The van der Waals surface area contributed by atoms with E-state index < -0.39 is 5.41 Å². The van der Waals surface area contributed by atoms with Crippen LogP contribution in [-0.2, 0) is 5.41 Å². The van der Waals surface area contributed by atoms with Crippen molar-refractivity contribution in [1.29, 1.82) is 0 Å². The number of benzene rings is 9. The summed E-state index contributed by atoms with van der Waals surface area (Å²) < 4.78 is 7.45. The second kappa shape index (κ2) is 12.6. The first-order chi connectivity index (χ1) is 30.1. The van der Waals surface area contributed by atoms with Gasteiger partial charge < -0.3 is 18.6 Å². The molecule has 4 nitrogen and oxygen atoms in total. The van der Waals surface area contributed by atoms with Gasteiger partial charge in [0.2, 0.25) is 0 Å². The Morgan fingerprint density at radius 2 is 0.672 bits per heavy atom. The molecule has 0 saturated heterocycles. The fourth-order valence-electron chi connectivity index (χ4n) is 10.7. The van der Waals surface area contributed by atoms with Gasteiger partial charge in [0.1, 0.15) is 0 Å². The van der Waals surface area contributed by atoms with Crippen LogP contribution < -0.4 is 4.90 Å². The molecule has 288 valence electrons. The fourth-order valence-corrected chi connectivity index (χ4v) is 10.7. The molecule has 0 atom stereocenters. The van der Waals surface area contributed by atoms with Crippen molar-refractivity contribution in [2.45, 2.75) is 19.3 Å². The quantitative estimate of drug-likeness (QED) is 0.174. The first-order valence-corrected chi connectivity index (χ1v) is 21.2. The molecule has 13 rings (SSSR count). The van der Waals surface area contributed by atoms with Crippen molar-refractivity contribution >= 4 is 82.5 Å². The minimum atomic E-state index is -0.424. The number of para-hydroxylation sites is 7. The Kier molecular flexibility index (Phi) is 7.04. The lowest BCUT2D eigenvalue weighted by Crippen LogP contribution is -2.32. The SMILES string of the molecule is CC1(C)c2cc(-n3c4ccccc4c4ccccc43)ccc2N(c2ccccc2)c2c(-n3c4ccccc4c4ccccc43)cc(-n3c4ccccc4c4ccccc43)cc21. The number of rotatable bonds is 4. The lowest BCUT2D eigenvalue weighted by molar-refractivity contribution is 0.630. The summed E-state index contributed by atoms with van der Waals surface area (Å²) in [5, 5.41) is 7.51. The van der Waals surface area contributed by atoms with Crippen LogP contribution in [0.2, 0.25) is 0 Å². The summed E-state index contributed by atoms with van der Waals surface area (Å²) in [6, 6.07) is 76.0. The molecule has 0 saturated carbocycles. The Balaban J connectivity index is 1.18. The van der Waals surface area contributed by atoms with Gasteiger partial charge in [-0.25, -0.2) is 0 Å². The summed E-state index contributed by atoms with van der Waals surface area (Å²) in [4.78, 5) is 2.53. The maximum atomic E-state index is 2.53. The molecule has 0 N–H and O–H groups in total. The van der Waals surface area contributed by atoms with E-state index >= 15 is 0 Å². The molecule has 4 heterocycles. The summed E-state index contributed by atoms with van der Waals surface area (Å²) in [6.07, 6.45) is 0. The third kappa shape index (κ3) is 4.70. The van der Waals surface area contributed by atoms with E-state index in [9.17, 15) is 0 Å². The van der Waals surface area contributed by atoms with Crippen molar-refractivity contribution in [3.05, 3.63) is 217 Å². The summed E-state index contributed by atoms with van der Waals surface area (Å²) in [6.45, 7) is 4.85. The van der Waals surface area contributed by atoms with Gasteiger partial charge in [-0.3, -0.25) is 0 Å². The molecule has 12 aromatic rings. The van der Waals surface area contributed by atoms with Gasteiger partial charge in [0.25, 0.3) is 0 Å². The highest BCUT2D eigenvalue weighted by atomic mass is 15.2. The number of fused-ring (bicyclic) bond motifs is 11. The van der Waals surface area contributed by atoms with Crippen molar-refractivity contribution in [3.63, 3.8) is 0 Å². The van der Waals surface area contributed by atoms with Crippen LogP contribution in [0.1, 0.15) is 25.0 Å². The van der Waals surface area contributed by atoms with Gasteiger partial charge in [-0.1, -0.05) is 141 Å².